The number of carbonyl (C=O) groups is 1. The van der Waals surface area contributed by atoms with Crippen LogP contribution in [0.4, 0.5) is 5.82 Å². The number of hydrogen-bond donors (Lipinski definition) is 1. The van der Waals surface area contributed by atoms with Crippen LogP contribution in [0.1, 0.15) is 21.5 Å². The van der Waals surface area contributed by atoms with E-state index in [0.717, 1.165) is 6.42 Å². The number of thiophene rings is 1. The smallest absolute Gasteiger partial charge is 0.266 e. The van der Waals surface area contributed by atoms with Crippen molar-refractivity contribution >= 4 is 34.7 Å². The topological polar surface area (TPSA) is 42.0 Å². The lowest BCUT2D eigenvalue weighted by Gasteiger charge is -2.03. The second kappa shape index (κ2) is 5.29. The van der Waals surface area contributed by atoms with Gasteiger partial charge in [0.15, 0.2) is 5.82 Å². The fraction of sp³-hybridized carbons (Fsp3) is 0.167. The van der Waals surface area contributed by atoms with Crippen LogP contribution >= 0.6 is 22.9 Å². The highest BCUT2D eigenvalue weighted by atomic mass is 35.5. The third kappa shape index (κ3) is 2.84. The van der Waals surface area contributed by atoms with Gasteiger partial charge in [-0.05, 0) is 30.7 Å². The highest BCUT2D eigenvalue weighted by Crippen LogP contribution is 2.21. The molecule has 2 aromatic rings. The molecule has 0 aliphatic carbocycles. The first-order valence-corrected chi connectivity index (χ1v) is 6.40. The van der Waals surface area contributed by atoms with Crippen LogP contribution < -0.4 is 5.32 Å². The third-order valence-corrected chi connectivity index (χ3v) is 3.76. The summed E-state index contributed by atoms with van der Waals surface area (Å²) in [6.07, 6.45) is 2.52. The molecule has 0 aliphatic heterocycles. The lowest BCUT2D eigenvalue weighted by molar-refractivity contribution is 0.103. The average Bonchev–Trinajstić information content (AvgIpc) is 2.81. The molecule has 2 rings (SSSR count). The monoisotopic (exact) mass is 266 g/mol. The number of aromatic nitrogens is 1. The van der Waals surface area contributed by atoms with Gasteiger partial charge in [0.05, 0.1) is 9.90 Å². The minimum atomic E-state index is -0.171. The third-order valence-electron chi connectivity index (χ3n) is 2.22. The van der Waals surface area contributed by atoms with E-state index >= 15 is 0 Å². The molecule has 0 unspecified atom stereocenters. The first-order valence-electron chi connectivity index (χ1n) is 5.21. The van der Waals surface area contributed by atoms with Gasteiger partial charge >= 0.3 is 0 Å². The fourth-order valence-electron chi connectivity index (χ4n) is 1.34. The quantitative estimate of drug-likeness (QED) is 0.922. The van der Waals surface area contributed by atoms with Crippen LogP contribution in [0.25, 0.3) is 0 Å². The highest BCUT2D eigenvalue weighted by Gasteiger charge is 2.11. The van der Waals surface area contributed by atoms with Gasteiger partial charge in [-0.1, -0.05) is 18.5 Å². The lowest BCUT2D eigenvalue weighted by Crippen LogP contribution is -2.11. The SMILES string of the molecule is CCc1ccc(C(=O)Nc2ncccc2Cl)s1. The predicted molar refractivity (Wildman–Crippen MR) is 70.9 cm³/mol. The molecule has 5 heteroatoms. The number of nitrogens with zero attached hydrogens (tertiary/aromatic N) is 1. The van der Waals surface area contributed by atoms with Crippen molar-refractivity contribution in [1.29, 1.82) is 0 Å². The predicted octanol–water partition coefficient (Wildman–Crippen LogP) is 3.61. The zero-order valence-corrected chi connectivity index (χ0v) is 10.8. The number of halogens is 1. The van der Waals surface area contributed by atoms with Gasteiger partial charge in [0.25, 0.3) is 5.91 Å². The molecule has 0 bridgehead atoms. The molecule has 0 radical (unpaired) electrons. The van der Waals surface area contributed by atoms with E-state index in [1.165, 1.54) is 16.2 Å². The molecule has 0 aromatic carbocycles. The maximum absolute atomic E-state index is 11.9. The number of amides is 1. The van der Waals surface area contributed by atoms with E-state index in [1.54, 1.807) is 18.3 Å². The summed E-state index contributed by atoms with van der Waals surface area (Å²) in [7, 11) is 0. The Labute approximate surface area is 108 Å². The minimum absolute atomic E-state index is 0.171. The Morgan fingerprint density at radius 3 is 2.94 bits per heavy atom. The second-order valence-electron chi connectivity index (χ2n) is 3.41. The Kier molecular flexibility index (Phi) is 3.76. The van der Waals surface area contributed by atoms with Crippen molar-refractivity contribution in [3.05, 3.63) is 45.2 Å². The van der Waals surface area contributed by atoms with Crippen molar-refractivity contribution < 1.29 is 4.79 Å². The van der Waals surface area contributed by atoms with Gasteiger partial charge in [-0.15, -0.1) is 11.3 Å². The van der Waals surface area contributed by atoms with E-state index in [2.05, 4.69) is 17.2 Å². The summed E-state index contributed by atoms with van der Waals surface area (Å²) in [4.78, 5) is 17.8. The molecule has 0 saturated heterocycles. The van der Waals surface area contributed by atoms with E-state index in [9.17, 15) is 4.79 Å². The van der Waals surface area contributed by atoms with Crippen molar-refractivity contribution in [2.24, 2.45) is 0 Å². The van der Waals surface area contributed by atoms with Gasteiger partial charge in [0.1, 0.15) is 0 Å². The highest BCUT2D eigenvalue weighted by molar-refractivity contribution is 7.14. The summed E-state index contributed by atoms with van der Waals surface area (Å²) in [5, 5.41) is 3.13. The van der Waals surface area contributed by atoms with Crippen molar-refractivity contribution in [1.82, 2.24) is 4.98 Å². The van der Waals surface area contributed by atoms with E-state index in [1.807, 2.05) is 12.1 Å². The van der Waals surface area contributed by atoms with E-state index in [0.29, 0.717) is 15.7 Å². The standard InChI is InChI=1S/C12H11ClN2OS/c1-2-8-5-6-10(17-8)12(16)15-11-9(13)4-3-7-14-11/h3-7H,2H2,1H3,(H,14,15,16). The summed E-state index contributed by atoms with van der Waals surface area (Å²) >= 11 is 7.40. The Bertz CT molecular complexity index is 539. The van der Waals surface area contributed by atoms with E-state index in [4.69, 9.17) is 11.6 Å². The van der Waals surface area contributed by atoms with Gasteiger partial charge in [-0.3, -0.25) is 4.79 Å². The van der Waals surface area contributed by atoms with Gasteiger partial charge in [-0.25, -0.2) is 4.98 Å². The molecule has 2 aromatic heterocycles. The van der Waals surface area contributed by atoms with Crippen molar-refractivity contribution in [3.8, 4) is 0 Å². The van der Waals surface area contributed by atoms with Crippen LogP contribution in [-0.2, 0) is 6.42 Å². The minimum Gasteiger partial charge on any atom is -0.305 e. The van der Waals surface area contributed by atoms with Crippen molar-refractivity contribution in [2.75, 3.05) is 5.32 Å². The number of rotatable bonds is 3. The summed E-state index contributed by atoms with van der Waals surface area (Å²) in [6.45, 7) is 2.06. The number of anilines is 1. The van der Waals surface area contributed by atoms with Crippen LogP contribution in [0.15, 0.2) is 30.5 Å². The maximum atomic E-state index is 11.9. The first kappa shape index (κ1) is 12.1. The summed E-state index contributed by atoms with van der Waals surface area (Å²) < 4.78 is 0. The van der Waals surface area contributed by atoms with Crippen LogP contribution in [0.2, 0.25) is 5.02 Å². The molecule has 0 atom stereocenters. The molecular formula is C12H11ClN2OS. The number of nitrogens with one attached hydrogen (secondary N) is 1. The van der Waals surface area contributed by atoms with Crippen molar-refractivity contribution in [3.63, 3.8) is 0 Å². The second-order valence-corrected chi connectivity index (χ2v) is 4.98. The number of aryl methyl sites for hydroxylation is 1. The summed E-state index contributed by atoms with van der Waals surface area (Å²) in [6, 6.07) is 7.18. The van der Waals surface area contributed by atoms with Crippen LogP contribution in [0.5, 0.6) is 0 Å². The summed E-state index contributed by atoms with van der Waals surface area (Å²) in [5.74, 6) is 0.223. The van der Waals surface area contributed by atoms with Gasteiger partial charge in [0, 0.05) is 11.1 Å². The zero-order chi connectivity index (χ0) is 12.3. The van der Waals surface area contributed by atoms with Gasteiger partial charge < -0.3 is 5.32 Å². The molecule has 0 saturated carbocycles. The molecule has 2 heterocycles. The van der Waals surface area contributed by atoms with Gasteiger partial charge in [0.2, 0.25) is 0 Å². The molecule has 1 amide bonds. The molecule has 0 spiro atoms. The Hall–Kier alpha value is -1.39. The normalized spacial score (nSPS) is 10.2. The molecule has 88 valence electrons. The fourth-order valence-corrected chi connectivity index (χ4v) is 2.35. The summed E-state index contributed by atoms with van der Waals surface area (Å²) in [5.41, 5.74) is 0. The Balaban J connectivity index is 2.14. The van der Waals surface area contributed by atoms with Crippen LogP contribution in [0, 0.1) is 0 Å². The largest absolute Gasteiger partial charge is 0.305 e. The Morgan fingerprint density at radius 2 is 2.29 bits per heavy atom. The van der Waals surface area contributed by atoms with E-state index in [-0.39, 0.29) is 5.91 Å². The van der Waals surface area contributed by atoms with Crippen molar-refractivity contribution in [2.45, 2.75) is 13.3 Å². The van der Waals surface area contributed by atoms with E-state index < -0.39 is 0 Å². The molecule has 3 nitrogen and oxygen atoms in total. The molecule has 1 N–H and O–H groups in total. The maximum Gasteiger partial charge on any atom is 0.266 e. The van der Waals surface area contributed by atoms with Gasteiger partial charge in [-0.2, -0.15) is 0 Å². The van der Waals surface area contributed by atoms with Crippen LogP contribution in [-0.4, -0.2) is 10.9 Å². The van der Waals surface area contributed by atoms with Crippen LogP contribution in [0.3, 0.4) is 0 Å². The Morgan fingerprint density at radius 1 is 1.47 bits per heavy atom. The molecule has 0 fully saturated rings. The number of hydrogen-bond acceptors (Lipinski definition) is 3. The number of carbonyl (C=O) groups excluding carboxylic acids is 1. The molecule has 17 heavy (non-hydrogen) atoms. The molecular weight excluding hydrogens is 256 g/mol. The average molecular weight is 267 g/mol. The number of pyridine rings is 1. The lowest BCUT2D eigenvalue weighted by atomic mass is 10.3. The zero-order valence-electron chi connectivity index (χ0n) is 9.24. The first-order chi connectivity index (χ1) is 8.20. The molecule has 0 aliphatic rings.